The first-order chi connectivity index (χ1) is 8.50. The van der Waals surface area contributed by atoms with Crippen LogP contribution in [0.25, 0.3) is 0 Å². The van der Waals surface area contributed by atoms with Crippen LogP contribution in [0.1, 0.15) is 26.7 Å². The van der Waals surface area contributed by atoms with Crippen LogP contribution in [-0.2, 0) is 9.53 Å². The maximum Gasteiger partial charge on any atom is 0.309 e. The highest BCUT2D eigenvalue weighted by atomic mass is 16.6. The first-order valence-corrected chi connectivity index (χ1v) is 6.75. The molecule has 3 aliphatic rings. The first-order valence-electron chi connectivity index (χ1n) is 6.75. The molecule has 98 valence electrons. The third kappa shape index (κ3) is 1.50. The van der Waals surface area contributed by atoms with Gasteiger partial charge in [0.2, 0.25) is 0 Å². The van der Waals surface area contributed by atoms with Crippen molar-refractivity contribution in [2.45, 2.75) is 38.9 Å². The molecule has 3 rings (SSSR count). The van der Waals surface area contributed by atoms with Gasteiger partial charge in [-0.1, -0.05) is 30.7 Å². The highest BCUT2D eigenvalue weighted by Gasteiger charge is 2.53. The molecule has 0 amide bonds. The van der Waals surface area contributed by atoms with Gasteiger partial charge in [0.25, 0.3) is 0 Å². The van der Waals surface area contributed by atoms with Gasteiger partial charge in [0, 0.05) is 17.8 Å². The number of aliphatic hydroxyl groups excluding tert-OH is 1. The van der Waals surface area contributed by atoms with E-state index in [1.165, 1.54) is 0 Å². The maximum absolute atomic E-state index is 11.8. The molecule has 0 radical (unpaired) electrons. The number of rotatable bonds is 0. The average molecular weight is 248 g/mol. The Bertz CT molecular complexity index is 437. The Hall–Kier alpha value is -1.09. The zero-order valence-electron chi connectivity index (χ0n) is 10.9. The quantitative estimate of drug-likeness (QED) is 0.527. The molecular formula is C15H20O3. The molecule has 3 nitrogen and oxygen atoms in total. The highest BCUT2D eigenvalue weighted by molar-refractivity contribution is 5.75. The Morgan fingerprint density at radius 2 is 2.17 bits per heavy atom. The second-order valence-corrected chi connectivity index (χ2v) is 6.00. The van der Waals surface area contributed by atoms with E-state index in [1.54, 1.807) is 0 Å². The highest BCUT2D eigenvalue weighted by Crippen LogP contribution is 2.50. The summed E-state index contributed by atoms with van der Waals surface area (Å²) < 4.78 is 5.61. The number of ether oxygens (including phenoxy) is 1. The Balaban J connectivity index is 2.00. The molecule has 1 heterocycles. The molecule has 18 heavy (non-hydrogen) atoms. The summed E-state index contributed by atoms with van der Waals surface area (Å²) in [7, 11) is 0. The summed E-state index contributed by atoms with van der Waals surface area (Å²) in [6, 6.07) is 0. The van der Waals surface area contributed by atoms with Crippen molar-refractivity contribution in [3.8, 4) is 0 Å². The zero-order valence-corrected chi connectivity index (χ0v) is 10.9. The third-order valence-corrected chi connectivity index (χ3v) is 5.03. The summed E-state index contributed by atoms with van der Waals surface area (Å²) in [4.78, 5) is 11.8. The molecule has 0 aromatic carbocycles. The van der Waals surface area contributed by atoms with E-state index in [0.717, 1.165) is 24.0 Å². The summed E-state index contributed by atoms with van der Waals surface area (Å²) in [5.74, 6) is 0.349. The summed E-state index contributed by atoms with van der Waals surface area (Å²) >= 11 is 0. The van der Waals surface area contributed by atoms with Crippen LogP contribution >= 0.6 is 0 Å². The smallest absolute Gasteiger partial charge is 0.309 e. The lowest BCUT2D eigenvalue weighted by atomic mass is 9.79. The molecule has 0 aromatic heterocycles. The van der Waals surface area contributed by atoms with Gasteiger partial charge in [-0.05, 0) is 19.8 Å². The third-order valence-electron chi connectivity index (χ3n) is 5.03. The van der Waals surface area contributed by atoms with Gasteiger partial charge in [0.1, 0.15) is 6.10 Å². The van der Waals surface area contributed by atoms with E-state index >= 15 is 0 Å². The molecule has 1 saturated heterocycles. The van der Waals surface area contributed by atoms with Crippen LogP contribution in [-0.4, -0.2) is 23.3 Å². The number of carbonyl (C=O) groups excluding carboxylic acids is 1. The van der Waals surface area contributed by atoms with Crippen molar-refractivity contribution in [3.05, 3.63) is 23.8 Å². The number of fused-ring (bicyclic) bond motifs is 3. The molecule has 1 N–H and O–H groups in total. The molecule has 3 heteroatoms. The van der Waals surface area contributed by atoms with Crippen LogP contribution in [0.4, 0.5) is 0 Å². The largest absolute Gasteiger partial charge is 0.461 e. The number of hydrogen-bond acceptors (Lipinski definition) is 3. The Kier molecular flexibility index (Phi) is 2.63. The van der Waals surface area contributed by atoms with Crippen molar-refractivity contribution in [3.63, 3.8) is 0 Å². The fourth-order valence-corrected chi connectivity index (χ4v) is 4.00. The Labute approximate surface area is 108 Å². The lowest BCUT2D eigenvalue weighted by Gasteiger charge is -2.28. The van der Waals surface area contributed by atoms with Gasteiger partial charge in [-0.2, -0.15) is 0 Å². The van der Waals surface area contributed by atoms with Crippen molar-refractivity contribution in [1.29, 1.82) is 0 Å². The van der Waals surface area contributed by atoms with E-state index in [9.17, 15) is 9.90 Å². The fourth-order valence-electron chi connectivity index (χ4n) is 4.00. The predicted octanol–water partition coefficient (Wildman–Crippen LogP) is 2.07. The molecule has 2 fully saturated rings. The second-order valence-electron chi connectivity index (χ2n) is 6.00. The van der Waals surface area contributed by atoms with Crippen LogP contribution in [0.5, 0.6) is 0 Å². The van der Waals surface area contributed by atoms with Crippen molar-refractivity contribution >= 4 is 5.97 Å². The number of hydrogen-bond donors (Lipinski definition) is 1. The van der Waals surface area contributed by atoms with Crippen LogP contribution in [0, 0.1) is 23.7 Å². The van der Waals surface area contributed by atoms with E-state index in [0.29, 0.717) is 0 Å². The molecule has 0 aromatic rings. The van der Waals surface area contributed by atoms with Crippen molar-refractivity contribution < 1.29 is 14.6 Å². The van der Waals surface area contributed by atoms with Crippen molar-refractivity contribution in [2.24, 2.45) is 23.7 Å². The van der Waals surface area contributed by atoms with E-state index in [1.807, 2.05) is 19.9 Å². The van der Waals surface area contributed by atoms with Gasteiger partial charge in [0.05, 0.1) is 12.0 Å². The van der Waals surface area contributed by atoms with Crippen LogP contribution in [0.3, 0.4) is 0 Å². The summed E-state index contributed by atoms with van der Waals surface area (Å²) in [6.07, 6.45) is 3.21. The fraction of sp³-hybridized carbons (Fsp3) is 0.667. The second kappa shape index (κ2) is 3.95. The van der Waals surface area contributed by atoms with Gasteiger partial charge in [0.15, 0.2) is 0 Å². The lowest BCUT2D eigenvalue weighted by Crippen LogP contribution is -2.33. The van der Waals surface area contributed by atoms with E-state index in [4.69, 9.17) is 4.74 Å². The average Bonchev–Trinajstić information content (AvgIpc) is 2.68. The van der Waals surface area contributed by atoms with Gasteiger partial charge in [-0.25, -0.2) is 0 Å². The number of carbonyl (C=O) groups is 1. The topological polar surface area (TPSA) is 46.5 Å². The number of aliphatic hydroxyl groups is 1. The van der Waals surface area contributed by atoms with Gasteiger partial charge in [-0.3, -0.25) is 4.79 Å². The molecule has 6 atom stereocenters. The van der Waals surface area contributed by atoms with E-state index in [2.05, 4.69) is 6.58 Å². The monoisotopic (exact) mass is 248 g/mol. The summed E-state index contributed by atoms with van der Waals surface area (Å²) in [5, 5.41) is 10.2. The maximum atomic E-state index is 11.8. The van der Waals surface area contributed by atoms with E-state index < -0.39 is 6.10 Å². The zero-order chi connectivity index (χ0) is 13.0. The lowest BCUT2D eigenvalue weighted by molar-refractivity contribution is -0.145. The predicted molar refractivity (Wildman–Crippen MR) is 67.7 cm³/mol. The van der Waals surface area contributed by atoms with Gasteiger partial charge in [-0.15, -0.1) is 0 Å². The molecule has 0 bridgehead atoms. The first kappa shape index (κ1) is 12.0. The van der Waals surface area contributed by atoms with Gasteiger partial charge < -0.3 is 9.84 Å². The minimum Gasteiger partial charge on any atom is -0.461 e. The van der Waals surface area contributed by atoms with Crippen molar-refractivity contribution in [2.75, 3.05) is 0 Å². The van der Waals surface area contributed by atoms with E-state index in [-0.39, 0.29) is 35.7 Å². The minimum atomic E-state index is -0.462. The van der Waals surface area contributed by atoms with Crippen LogP contribution in [0.15, 0.2) is 23.8 Å². The summed E-state index contributed by atoms with van der Waals surface area (Å²) in [6.45, 7) is 8.13. The van der Waals surface area contributed by atoms with Crippen LogP contribution < -0.4 is 0 Å². The van der Waals surface area contributed by atoms with Crippen molar-refractivity contribution in [1.82, 2.24) is 0 Å². The molecular weight excluding hydrogens is 228 g/mol. The molecule has 0 spiro atoms. The molecule has 1 saturated carbocycles. The minimum absolute atomic E-state index is 0.0212. The Morgan fingerprint density at radius 3 is 2.89 bits per heavy atom. The normalized spacial score (nSPS) is 47.2. The molecule has 2 aliphatic carbocycles. The SMILES string of the molecule is C=C1CCC2C(C)C(=O)OC2C2C(C)=CC(O)C12. The van der Waals surface area contributed by atoms with Crippen LogP contribution in [0.2, 0.25) is 0 Å². The molecule has 1 aliphatic heterocycles. The van der Waals surface area contributed by atoms with Gasteiger partial charge >= 0.3 is 5.97 Å². The Morgan fingerprint density at radius 1 is 1.44 bits per heavy atom. The number of esters is 1. The molecule has 6 unspecified atom stereocenters. The standard InChI is InChI=1S/C15H20O3/c1-7-4-5-10-9(3)15(17)18-14(10)13-8(2)6-11(16)12(7)13/h6,9-14,16H,1,4-5H2,2-3H3. The summed E-state index contributed by atoms with van der Waals surface area (Å²) in [5.41, 5.74) is 2.26.